The van der Waals surface area contributed by atoms with Crippen molar-refractivity contribution in [2.75, 3.05) is 7.11 Å². The van der Waals surface area contributed by atoms with Gasteiger partial charge in [-0.15, -0.1) is 0 Å². The van der Waals surface area contributed by atoms with Crippen molar-refractivity contribution < 1.29 is 19.7 Å². The summed E-state index contributed by atoms with van der Waals surface area (Å²) in [6.07, 6.45) is 9.11. The number of fused-ring (bicyclic) bond motifs is 2. The van der Waals surface area contributed by atoms with E-state index in [1.165, 1.54) is 24.8 Å². The highest BCUT2D eigenvalue weighted by atomic mass is 16.6. The topological polar surface area (TPSA) is 58.9 Å². The second kappa shape index (κ2) is 7.77. The SMILES string of the molecule is COc1cc(C)c(O)c(CC=C(C)CCC2C3(C)CCCC3(C)C23CC(O)C(C)(C)O3)c1. The van der Waals surface area contributed by atoms with Gasteiger partial charge in [0.1, 0.15) is 11.5 Å². The van der Waals surface area contributed by atoms with Gasteiger partial charge >= 0.3 is 0 Å². The summed E-state index contributed by atoms with van der Waals surface area (Å²) < 4.78 is 12.2. The lowest BCUT2D eigenvalue weighted by atomic mass is 9.36. The van der Waals surface area contributed by atoms with E-state index in [-0.39, 0.29) is 16.4 Å². The van der Waals surface area contributed by atoms with Crippen LogP contribution in [0.4, 0.5) is 0 Å². The number of allylic oxidation sites excluding steroid dienone is 2. The van der Waals surface area contributed by atoms with Gasteiger partial charge in [0, 0.05) is 17.4 Å². The van der Waals surface area contributed by atoms with Crippen molar-refractivity contribution in [2.45, 2.75) is 104 Å². The smallest absolute Gasteiger partial charge is 0.122 e. The minimum Gasteiger partial charge on any atom is -0.507 e. The molecule has 1 saturated heterocycles. The van der Waals surface area contributed by atoms with Crippen LogP contribution in [0.25, 0.3) is 0 Å². The van der Waals surface area contributed by atoms with Gasteiger partial charge in [-0.1, -0.05) is 31.9 Å². The zero-order valence-corrected chi connectivity index (χ0v) is 21.0. The number of phenols is 1. The predicted octanol–water partition coefficient (Wildman–Crippen LogP) is 6.10. The molecule has 1 heterocycles. The molecule has 1 aromatic carbocycles. The monoisotopic (exact) mass is 442 g/mol. The Morgan fingerprint density at radius 2 is 1.94 bits per heavy atom. The fraction of sp³-hybridized carbons (Fsp3) is 0.714. The minimum atomic E-state index is -0.474. The van der Waals surface area contributed by atoms with Gasteiger partial charge in [0.05, 0.1) is 24.4 Å². The van der Waals surface area contributed by atoms with E-state index in [0.29, 0.717) is 18.1 Å². The van der Waals surface area contributed by atoms with Crippen LogP contribution >= 0.6 is 0 Å². The molecule has 4 heteroatoms. The molecule has 1 aromatic rings. The molecule has 1 spiro atoms. The Hall–Kier alpha value is -1.52. The van der Waals surface area contributed by atoms with Gasteiger partial charge in [-0.2, -0.15) is 0 Å². The molecule has 0 radical (unpaired) electrons. The molecule has 4 rings (SSSR count). The summed E-state index contributed by atoms with van der Waals surface area (Å²) in [4.78, 5) is 0. The third-order valence-corrected chi connectivity index (χ3v) is 9.73. The molecule has 2 saturated carbocycles. The fourth-order valence-corrected chi connectivity index (χ4v) is 7.51. The van der Waals surface area contributed by atoms with Crippen molar-refractivity contribution in [3.8, 4) is 11.5 Å². The van der Waals surface area contributed by atoms with Crippen LogP contribution in [0.1, 0.15) is 84.3 Å². The number of benzene rings is 1. The summed E-state index contributed by atoms with van der Waals surface area (Å²) >= 11 is 0. The van der Waals surface area contributed by atoms with Gasteiger partial charge in [0.15, 0.2) is 0 Å². The first-order valence-corrected chi connectivity index (χ1v) is 12.3. The average Bonchev–Trinajstić information content (AvgIpc) is 3.15. The Balaban J connectivity index is 1.50. The van der Waals surface area contributed by atoms with Crippen molar-refractivity contribution in [3.05, 3.63) is 34.9 Å². The number of ether oxygens (including phenoxy) is 2. The lowest BCUT2D eigenvalue weighted by Gasteiger charge is -2.71. The normalized spacial score (nSPS) is 38.1. The van der Waals surface area contributed by atoms with Gasteiger partial charge < -0.3 is 19.7 Å². The van der Waals surface area contributed by atoms with E-state index in [2.05, 4.69) is 26.8 Å². The zero-order valence-electron chi connectivity index (χ0n) is 21.0. The molecule has 5 unspecified atom stereocenters. The maximum absolute atomic E-state index is 10.8. The van der Waals surface area contributed by atoms with Crippen LogP contribution < -0.4 is 4.74 Å². The van der Waals surface area contributed by atoms with Crippen molar-refractivity contribution >= 4 is 0 Å². The van der Waals surface area contributed by atoms with E-state index < -0.39 is 11.7 Å². The number of hydrogen-bond acceptors (Lipinski definition) is 4. The van der Waals surface area contributed by atoms with Gasteiger partial charge in [0.2, 0.25) is 0 Å². The lowest BCUT2D eigenvalue weighted by molar-refractivity contribution is -0.317. The molecule has 0 bridgehead atoms. The number of phenolic OH excluding ortho intramolecular Hbond substituents is 1. The molecule has 32 heavy (non-hydrogen) atoms. The molecule has 1 aliphatic heterocycles. The Bertz CT molecular complexity index is 918. The van der Waals surface area contributed by atoms with E-state index in [1.54, 1.807) is 7.11 Å². The van der Waals surface area contributed by atoms with E-state index in [1.807, 2.05) is 32.9 Å². The third-order valence-electron chi connectivity index (χ3n) is 9.73. The zero-order chi connectivity index (χ0) is 23.5. The summed E-state index contributed by atoms with van der Waals surface area (Å²) in [5.74, 6) is 1.61. The van der Waals surface area contributed by atoms with E-state index >= 15 is 0 Å². The van der Waals surface area contributed by atoms with Gasteiger partial charge in [-0.3, -0.25) is 0 Å². The summed E-state index contributed by atoms with van der Waals surface area (Å²) in [5.41, 5.74) is 2.85. The number of rotatable bonds is 6. The molecule has 3 aliphatic rings. The molecule has 2 aliphatic carbocycles. The number of aliphatic hydroxyl groups excluding tert-OH is 1. The first kappa shape index (κ1) is 23.6. The van der Waals surface area contributed by atoms with Crippen LogP contribution in [0, 0.1) is 23.7 Å². The number of aromatic hydroxyl groups is 1. The number of methoxy groups -OCH3 is 1. The summed E-state index contributed by atoms with van der Waals surface area (Å²) in [6.45, 7) is 13.1. The van der Waals surface area contributed by atoms with Crippen LogP contribution in [0.15, 0.2) is 23.8 Å². The average molecular weight is 443 g/mol. The van der Waals surface area contributed by atoms with Crippen LogP contribution in [0.2, 0.25) is 0 Å². The Morgan fingerprint density at radius 1 is 1.22 bits per heavy atom. The minimum absolute atomic E-state index is 0.154. The van der Waals surface area contributed by atoms with Crippen LogP contribution in [-0.2, 0) is 11.2 Å². The van der Waals surface area contributed by atoms with Crippen molar-refractivity contribution in [1.29, 1.82) is 0 Å². The van der Waals surface area contributed by atoms with Crippen LogP contribution in [-0.4, -0.2) is 34.6 Å². The van der Waals surface area contributed by atoms with E-state index in [0.717, 1.165) is 36.1 Å². The largest absolute Gasteiger partial charge is 0.507 e. The van der Waals surface area contributed by atoms with E-state index in [9.17, 15) is 10.2 Å². The fourth-order valence-electron chi connectivity index (χ4n) is 7.51. The predicted molar refractivity (Wildman–Crippen MR) is 128 cm³/mol. The quantitative estimate of drug-likeness (QED) is 0.522. The van der Waals surface area contributed by atoms with E-state index in [4.69, 9.17) is 9.47 Å². The molecule has 3 fully saturated rings. The van der Waals surface area contributed by atoms with Crippen molar-refractivity contribution in [2.24, 2.45) is 16.7 Å². The van der Waals surface area contributed by atoms with Gasteiger partial charge in [0.25, 0.3) is 0 Å². The second-order valence-electron chi connectivity index (χ2n) is 11.7. The highest BCUT2D eigenvalue weighted by Crippen LogP contribution is 2.79. The molecule has 0 aromatic heterocycles. The second-order valence-corrected chi connectivity index (χ2v) is 11.7. The maximum Gasteiger partial charge on any atom is 0.122 e. The molecule has 0 amide bonds. The summed E-state index contributed by atoms with van der Waals surface area (Å²) in [7, 11) is 1.66. The molecule has 5 atom stereocenters. The number of aryl methyl sites for hydroxylation is 1. The molecule has 4 nitrogen and oxygen atoms in total. The first-order valence-electron chi connectivity index (χ1n) is 12.3. The van der Waals surface area contributed by atoms with Crippen LogP contribution in [0.5, 0.6) is 11.5 Å². The van der Waals surface area contributed by atoms with Crippen molar-refractivity contribution in [1.82, 2.24) is 0 Å². The molecular formula is C28H42O4. The Morgan fingerprint density at radius 3 is 2.56 bits per heavy atom. The maximum atomic E-state index is 10.8. The highest BCUT2D eigenvalue weighted by molar-refractivity contribution is 5.46. The highest BCUT2D eigenvalue weighted by Gasteiger charge is 2.80. The molecular weight excluding hydrogens is 400 g/mol. The standard InChI is InChI=1S/C28H42O4/c1-18(9-11-20-16-21(31-7)15-19(2)24(20)30)10-12-22-26(5)13-8-14-27(26,6)28(22)17-23(29)25(3,4)32-28/h9,15-16,22-23,29-30H,8,10-14,17H2,1-7H3. The van der Waals surface area contributed by atoms with Crippen LogP contribution in [0.3, 0.4) is 0 Å². The lowest BCUT2D eigenvalue weighted by Crippen LogP contribution is -2.73. The number of hydrogen-bond donors (Lipinski definition) is 2. The first-order chi connectivity index (χ1) is 14.9. The Kier molecular flexibility index (Phi) is 5.74. The number of aliphatic hydroxyl groups is 1. The Labute approximate surface area is 194 Å². The molecule has 2 N–H and O–H groups in total. The van der Waals surface area contributed by atoms with Gasteiger partial charge in [-0.25, -0.2) is 0 Å². The summed E-state index contributed by atoms with van der Waals surface area (Å²) in [6, 6.07) is 3.79. The van der Waals surface area contributed by atoms with Gasteiger partial charge in [-0.05, 0) is 88.8 Å². The van der Waals surface area contributed by atoms with Crippen molar-refractivity contribution in [3.63, 3.8) is 0 Å². The molecule has 178 valence electrons. The third kappa shape index (κ3) is 3.24. The summed E-state index contributed by atoms with van der Waals surface area (Å²) in [5, 5.41) is 21.3.